The van der Waals surface area contributed by atoms with E-state index in [1.54, 1.807) is 13.3 Å². The molecule has 5 N–H and O–H groups in total. The second-order valence-electron chi connectivity index (χ2n) is 5.41. The summed E-state index contributed by atoms with van der Waals surface area (Å²) in [6, 6.07) is 1.88. The lowest BCUT2D eigenvalue weighted by atomic mass is 10.0. The van der Waals surface area contributed by atoms with E-state index >= 15 is 0 Å². The molecule has 1 aromatic heterocycles. The van der Waals surface area contributed by atoms with Crippen molar-refractivity contribution < 1.29 is 9.13 Å². The van der Waals surface area contributed by atoms with Gasteiger partial charge in [-0.3, -0.25) is 0 Å². The highest BCUT2D eigenvalue weighted by Crippen LogP contribution is 2.15. The van der Waals surface area contributed by atoms with Crippen LogP contribution in [0.1, 0.15) is 73.6 Å². The average Bonchev–Trinajstić information content (AvgIpc) is 2.94. The first-order valence-electron chi connectivity index (χ1n) is 9.78. The number of aromatic amines is 1. The Morgan fingerprint density at radius 1 is 1.23 bits per heavy atom. The van der Waals surface area contributed by atoms with Gasteiger partial charge in [0.1, 0.15) is 0 Å². The molecule has 1 fully saturated rings. The molecule has 0 aliphatic heterocycles. The standard InChI is InChI=1S/C6H8N2.C4H10O.C4H8.C3H7F.C2H7N.C2H6/c1-5-6(4-7)2-3-8-5;1-3-4-5-2;1-2-4-3-1;1-3(2)4;1-2-3;1-2/h2-4,8H,1,7H2;3-4H2,1-2H3;1-4H2;3H,1-2H3;2-3H2,1H3;1-2H3/b6-4-;;;;;. The van der Waals surface area contributed by atoms with Crippen molar-refractivity contribution in [3.05, 3.63) is 22.8 Å². The summed E-state index contributed by atoms with van der Waals surface area (Å²) < 4.78 is 15.7. The average molecular weight is 376 g/mol. The second kappa shape index (κ2) is 31.4. The topological polar surface area (TPSA) is 77.1 Å². The van der Waals surface area contributed by atoms with Crippen molar-refractivity contribution in [1.29, 1.82) is 0 Å². The van der Waals surface area contributed by atoms with Crippen molar-refractivity contribution in [2.75, 3.05) is 20.3 Å². The lowest BCUT2D eigenvalue weighted by Gasteiger charge is -2.05. The Morgan fingerprint density at radius 3 is 1.69 bits per heavy atom. The van der Waals surface area contributed by atoms with Gasteiger partial charge in [-0.25, -0.2) is 4.39 Å². The first kappa shape index (κ1) is 32.4. The molecular formula is C21H46FN3O. The highest BCUT2D eigenvalue weighted by Gasteiger charge is 1.95. The number of halogens is 1. The van der Waals surface area contributed by atoms with E-state index in [4.69, 9.17) is 16.2 Å². The Bertz CT molecular complexity index is 406. The summed E-state index contributed by atoms with van der Waals surface area (Å²) in [5.74, 6) is 0. The molecule has 158 valence electrons. The number of ether oxygens (including phenoxy) is 1. The van der Waals surface area contributed by atoms with Gasteiger partial charge < -0.3 is 21.2 Å². The predicted molar refractivity (Wildman–Crippen MR) is 117 cm³/mol. The van der Waals surface area contributed by atoms with Crippen molar-refractivity contribution in [2.45, 2.75) is 79.8 Å². The molecule has 0 unspecified atom stereocenters. The third kappa shape index (κ3) is 38.3. The van der Waals surface area contributed by atoms with Gasteiger partial charge in [0, 0.05) is 36.7 Å². The van der Waals surface area contributed by atoms with Crippen molar-refractivity contribution in [3.8, 4) is 0 Å². The van der Waals surface area contributed by atoms with Crippen LogP contribution in [-0.2, 0) is 4.74 Å². The molecule has 1 aliphatic carbocycles. The van der Waals surface area contributed by atoms with Crippen molar-refractivity contribution in [2.24, 2.45) is 11.5 Å². The minimum Gasteiger partial charge on any atom is -0.404 e. The van der Waals surface area contributed by atoms with Gasteiger partial charge in [-0.05, 0) is 32.9 Å². The number of rotatable bonds is 2. The SMILES string of the molecule is C1CCC1.C=c1[nH]cc/c1=C/N.CC.CC(C)F.CCCOC.CCN. The number of hydrogen-bond acceptors (Lipinski definition) is 3. The van der Waals surface area contributed by atoms with Gasteiger partial charge >= 0.3 is 0 Å². The number of nitrogens with two attached hydrogens (primary N) is 2. The zero-order valence-electron chi connectivity index (χ0n) is 18.4. The molecule has 0 radical (unpaired) electrons. The summed E-state index contributed by atoms with van der Waals surface area (Å²) in [6.07, 6.45) is 9.79. The van der Waals surface area contributed by atoms with Gasteiger partial charge in [-0.15, -0.1) is 0 Å². The summed E-state index contributed by atoms with van der Waals surface area (Å²) in [6.45, 7) is 16.3. The van der Waals surface area contributed by atoms with Crippen molar-refractivity contribution in [3.63, 3.8) is 0 Å². The van der Waals surface area contributed by atoms with E-state index in [2.05, 4.69) is 18.5 Å². The Balaban J connectivity index is -0.000000119. The lowest BCUT2D eigenvalue weighted by molar-refractivity contribution is 0.199. The van der Waals surface area contributed by atoms with E-state index < -0.39 is 6.17 Å². The monoisotopic (exact) mass is 375 g/mol. The van der Waals surface area contributed by atoms with E-state index in [-0.39, 0.29) is 0 Å². The van der Waals surface area contributed by atoms with Crippen LogP contribution in [0.4, 0.5) is 4.39 Å². The van der Waals surface area contributed by atoms with E-state index in [1.165, 1.54) is 45.7 Å². The Morgan fingerprint density at radius 2 is 1.62 bits per heavy atom. The predicted octanol–water partition coefficient (Wildman–Crippen LogP) is 4.08. The van der Waals surface area contributed by atoms with Gasteiger partial charge in [0.15, 0.2) is 0 Å². The van der Waals surface area contributed by atoms with E-state index in [0.717, 1.165) is 30.1 Å². The zero-order chi connectivity index (χ0) is 21.2. The molecule has 1 heterocycles. The largest absolute Gasteiger partial charge is 0.404 e. The minimum atomic E-state index is -0.667. The first-order valence-corrected chi connectivity index (χ1v) is 9.78. The van der Waals surface area contributed by atoms with Crippen molar-refractivity contribution >= 4 is 12.8 Å². The van der Waals surface area contributed by atoms with E-state index in [9.17, 15) is 4.39 Å². The van der Waals surface area contributed by atoms with Gasteiger partial charge in [0.2, 0.25) is 0 Å². The normalized spacial score (nSPS) is 11.4. The maximum absolute atomic E-state index is 11.0. The van der Waals surface area contributed by atoms with Crippen LogP contribution >= 0.6 is 0 Å². The molecule has 1 aliphatic rings. The molecule has 2 rings (SSSR count). The lowest BCUT2D eigenvalue weighted by Crippen LogP contribution is -2.21. The van der Waals surface area contributed by atoms with Gasteiger partial charge in [0.25, 0.3) is 0 Å². The van der Waals surface area contributed by atoms with Crippen LogP contribution in [0.3, 0.4) is 0 Å². The maximum Gasteiger partial charge on any atom is 0.0945 e. The van der Waals surface area contributed by atoms with Crippen LogP contribution < -0.4 is 22.0 Å². The van der Waals surface area contributed by atoms with Crippen molar-refractivity contribution in [1.82, 2.24) is 4.98 Å². The van der Waals surface area contributed by atoms with Gasteiger partial charge in [-0.2, -0.15) is 0 Å². The number of methoxy groups -OCH3 is 1. The van der Waals surface area contributed by atoms with E-state index in [0.29, 0.717) is 0 Å². The summed E-state index contributed by atoms with van der Waals surface area (Å²) >= 11 is 0. The molecule has 0 saturated heterocycles. The number of H-pyrrole nitrogens is 1. The highest BCUT2D eigenvalue weighted by atomic mass is 19.1. The zero-order valence-corrected chi connectivity index (χ0v) is 18.4. The summed E-state index contributed by atoms with van der Waals surface area (Å²) in [5, 5.41) is 1.83. The molecule has 4 nitrogen and oxygen atoms in total. The summed E-state index contributed by atoms with van der Waals surface area (Å²) in [5.41, 5.74) is 10.1. The third-order valence-electron chi connectivity index (χ3n) is 2.46. The molecule has 0 amide bonds. The van der Waals surface area contributed by atoms with Crippen LogP contribution in [-0.4, -0.2) is 31.4 Å². The van der Waals surface area contributed by atoms with Crippen LogP contribution in [0.15, 0.2) is 12.3 Å². The van der Waals surface area contributed by atoms with Crippen LogP contribution in [0.25, 0.3) is 12.8 Å². The smallest absolute Gasteiger partial charge is 0.0945 e. The molecule has 5 heteroatoms. The molecular weight excluding hydrogens is 329 g/mol. The molecule has 1 aromatic rings. The van der Waals surface area contributed by atoms with E-state index in [1.807, 2.05) is 26.8 Å². The quantitative estimate of drug-likeness (QED) is 0.729. The molecule has 26 heavy (non-hydrogen) atoms. The van der Waals surface area contributed by atoms with Crippen LogP contribution in [0, 0.1) is 0 Å². The number of aromatic nitrogens is 1. The second-order valence-corrected chi connectivity index (χ2v) is 5.41. The molecule has 0 spiro atoms. The number of nitrogens with one attached hydrogen (secondary N) is 1. The summed E-state index contributed by atoms with van der Waals surface area (Å²) in [7, 11) is 1.71. The summed E-state index contributed by atoms with van der Waals surface area (Å²) in [4.78, 5) is 2.90. The number of alkyl halides is 1. The highest BCUT2D eigenvalue weighted by molar-refractivity contribution is 5.19. The maximum atomic E-state index is 11.0. The Kier molecular flexibility index (Phi) is 39.1. The minimum absolute atomic E-state index is 0.667. The molecule has 0 atom stereocenters. The molecule has 0 bridgehead atoms. The first-order chi connectivity index (χ1) is 12.4. The molecule has 0 aromatic carbocycles. The van der Waals surface area contributed by atoms with Crippen LogP contribution in [0.2, 0.25) is 0 Å². The Labute approximate surface area is 161 Å². The van der Waals surface area contributed by atoms with Gasteiger partial charge in [-0.1, -0.05) is 60.0 Å². The van der Waals surface area contributed by atoms with Crippen LogP contribution in [0.5, 0.6) is 0 Å². The fraction of sp³-hybridized carbons (Fsp3) is 0.714. The molecule has 1 saturated carbocycles. The third-order valence-corrected chi connectivity index (χ3v) is 2.46. The number of hydrogen-bond donors (Lipinski definition) is 3. The fourth-order valence-electron chi connectivity index (χ4n) is 1.03. The van der Waals surface area contributed by atoms with Gasteiger partial charge in [0.05, 0.1) is 6.17 Å². The Hall–Kier alpha value is -1.33. The fourth-order valence-corrected chi connectivity index (χ4v) is 1.03.